The van der Waals surface area contributed by atoms with Gasteiger partial charge in [0.15, 0.2) is 0 Å². The molecule has 4 rings (SSSR count). The van der Waals surface area contributed by atoms with Crippen LogP contribution in [0.4, 0.5) is 28.6 Å². The van der Waals surface area contributed by atoms with E-state index in [4.69, 9.17) is 0 Å². The van der Waals surface area contributed by atoms with Crippen molar-refractivity contribution in [1.82, 2.24) is 0 Å². The third-order valence-electron chi connectivity index (χ3n) is 5.32. The summed E-state index contributed by atoms with van der Waals surface area (Å²) in [7, 11) is -1.86. The van der Waals surface area contributed by atoms with E-state index in [1.165, 1.54) is 51.8 Å². The van der Waals surface area contributed by atoms with Crippen LogP contribution in [0, 0.1) is 0 Å². The third kappa shape index (κ3) is 5.78. The van der Waals surface area contributed by atoms with E-state index in [-0.39, 0.29) is 0 Å². The number of hydrogen-bond acceptors (Lipinski definition) is 1. The second-order valence-corrected chi connectivity index (χ2v) is 7.89. The Bertz CT molecular complexity index is 1120. The number of allylic oxidation sites excluding steroid dienone is 1. The molecular weight excluding hydrogens is 415 g/mol. The Balaban J connectivity index is 0.000000523. The minimum absolute atomic E-state index is 1.06. The molecule has 1 heterocycles. The maximum absolute atomic E-state index is 9.75. The summed E-state index contributed by atoms with van der Waals surface area (Å²) in [5.41, 5.74) is 6.46. The molecule has 2 nitrogen and oxygen atoms in total. The zero-order chi connectivity index (χ0) is 23.3. The monoisotopic (exact) mass is 442 g/mol. The van der Waals surface area contributed by atoms with Crippen LogP contribution in [0.1, 0.15) is 30.9 Å². The van der Waals surface area contributed by atoms with Crippen molar-refractivity contribution in [3.63, 3.8) is 0 Å². The summed E-state index contributed by atoms with van der Waals surface area (Å²) in [6, 6.07) is 22.0. The van der Waals surface area contributed by atoms with E-state index in [9.17, 15) is 17.3 Å². The van der Waals surface area contributed by atoms with Crippen LogP contribution in [0.3, 0.4) is 0 Å². The van der Waals surface area contributed by atoms with Crippen molar-refractivity contribution >= 4 is 41.2 Å². The van der Waals surface area contributed by atoms with Crippen molar-refractivity contribution < 1.29 is 21.8 Å². The van der Waals surface area contributed by atoms with Gasteiger partial charge in [0.1, 0.15) is 6.54 Å². The number of hydrogen-bond donors (Lipinski definition) is 0. The summed E-state index contributed by atoms with van der Waals surface area (Å²) in [5, 5.41) is 2.71. The van der Waals surface area contributed by atoms with Crippen LogP contribution < -0.4 is 4.90 Å². The molecule has 0 amide bonds. The number of unbranched alkanes of at least 4 members (excludes halogenated alkanes) is 1. The zero-order valence-electron chi connectivity index (χ0n) is 18.5. The zero-order valence-corrected chi connectivity index (χ0v) is 18.5. The highest BCUT2D eigenvalue weighted by atomic mass is 19.5. The van der Waals surface area contributed by atoms with Crippen LogP contribution in [0.25, 0.3) is 16.8 Å². The van der Waals surface area contributed by atoms with Gasteiger partial charge in [-0.25, -0.2) is 0 Å². The van der Waals surface area contributed by atoms with Crippen LogP contribution in [-0.2, 0) is 0 Å². The normalized spacial score (nSPS) is 13.0. The van der Waals surface area contributed by atoms with Gasteiger partial charge in [-0.05, 0) is 35.2 Å². The van der Waals surface area contributed by atoms with Crippen LogP contribution in [0.15, 0.2) is 66.7 Å². The average Bonchev–Trinajstić information content (AvgIpc) is 3.04. The Labute approximate surface area is 186 Å². The lowest BCUT2D eigenvalue weighted by Gasteiger charge is -2.11. The predicted molar refractivity (Wildman–Crippen MR) is 128 cm³/mol. The maximum atomic E-state index is 9.75. The van der Waals surface area contributed by atoms with Gasteiger partial charge in [-0.3, -0.25) is 0 Å². The number of anilines is 1. The first-order valence-electron chi connectivity index (χ1n) is 10.7. The molecule has 1 aliphatic heterocycles. The van der Waals surface area contributed by atoms with Crippen molar-refractivity contribution in [1.29, 1.82) is 0 Å². The lowest BCUT2D eigenvalue weighted by Crippen LogP contribution is -2.13. The molecule has 0 unspecified atom stereocenters. The van der Waals surface area contributed by atoms with Gasteiger partial charge in [0, 0.05) is 38.3 Å². The van der Waals surface area contributed by atoms with Crippen molar-refractivity contribution in [3.05, 3.63) is 77.9 Å². The van der Waals surface area contributed by atoms with E-state index in [0.29, 0.717) is 0 Å². The molecule has 0 N–H and O–H groups in total. The Morgan fingerprint density at radius 2 is 1.50 bits per heavy atom. The SMILES string of the molecule is CCCC[N+]1=C(C=Cc2ccc(N(C)C)cc2)c2cccc3cccc1c23.F[B-](F)(F)F. The Kier molecular flexibility index (Phi) is 7.39. The molecule has 0 aliphatic carbocycles. The second-order valence-electron chi connectivity index (χ2n) is 7.89. The molecular formula is C25H27BF4N2. The number of halogens is 4. The first-order chi connectivity index (χ1) is 15.2. The van der Waals surface area contributed by atoms with Gasteiger partial charge in [-0.1, -0.05) is 49.7 Å². The van der Waals surface area contributed by atoms with Crippen molar-refractivity contribution in [2.75, 3.05) is 25.5 Å². The smallest absolute Gasteiger partial charge is 0.418 e. The molecule has 3 aromatic rings. The quantitative estimate of drug-likeness (QED) is 0.223. The molecule has 168 valence electrons. The summed E-state index contributed by atoms with van der Waals surface area (Å²) in [6.07, 6.45) is 6.92. The Hall–Kier alpha value is -3.09. The molecule has 32 heavy (non-hydrogen) atoms. The van der Waals surface area contributed by atoms with Crippen LogP contribution in [-0.4, -0.2) is 38.2 Å². The lowest BCUT2D eigenvalue weighted by molar-refractivity contribution is -0.436. The molecule has 7 heteroatoms. The summed E-state index contributed by atoms with van der Waals surface area (Å²) >= 11 is 0. The van der Waals surface area contributed by atoms with Crippen molar-refractivity contribution in [2.45, 2.75) is 19.8 Å². The fraction of sp³-hybridized carbons (Fsp3) is 0.240. The first kappa shape index (κ1) is 23.6. The topological polar surface area (TPSA) is 6.25 Å². The summed E-state index contributed by atoms with van der Waals surface area (Å²) in [5.74, 6) is 0. The standard InChI is InChI=1S/C25H27N2.BF4/c1-4-5-18-27-23(17-14-19-12-15-21(16-13-19)26(2)3)22-10-6-8-20-9-7-11-24(27)25(20)22;2-1(3,4)5/h6-17H,4-5,18H2,1-3H3;/q+1;-1. The largest absolute Gasteiger partial charge is 0.673 e. The van der Waals surface area contributed by atoms with Gasteiger partial charge < -0.3 is 22.2 Å². The third-order valence-corrected chi connectivity index (χ3v) is 5.32. The molecule has 0 fully saturated rings. The molecule has 0 saturated carbocycles. The van der Waals surface area contributed by atoms with E-state index in [2.05, 4.69) is 103 Å². The Morgan fingerprint density at radius 3 is 2.09 bits per heavy atom. The molecule has 0 atom stereocenters. The average molecular weight is 442 g/mol. The van der Waals surface area contributed by atoms with Crippen LogP contribution >= 0.6 is 0 Å². The molecule has 1 aliphatic rings. The van der Waals surface area contributed by atoms with E-state index >= 15 is 0 Å². The number of nitrogens with zero attached hydrogens (tertiary/aromatic N) is 2. The molecule has 0 aromatic heterocycles. The summed E-state index contributed by atoms with van der Waals surface area (Å²) < 4.78 is 41.5. The molecule has 0 radical (unpaired) electrons. The Morgan fingerprint density at radius 1 is 0.875 bits per heavy atom. The van der Waals surface area contributed by atoms with Crippen LogP contribution in [0.2, 0.25) is 0 Å². The fourth-order valence-electron chi connectivity index (χ4n) is 3.83. The van der Waals surface area contributed by atoms with Crippen molar-refractivity contribution in [2.24, 2.45) is 0 Å². The molecule has 0 spiro atoms. The highest BCUT2D eigenvalue weighted by molar-refractivity contribution is 6.50. The minimum atomic E-state index is -6.00. The van der Waals surface area contributed by atoms with Crippen LogP contribution in [0.5, 0.6) is 0 Å². The molecule has 0 bridgehead atoms. The predicted octanol–water partition coefficient (Wildman–Crippen LogP) is 7.17. The maximum Gasteiger partial charge on any atom is 0.673 e. The van der Waals surface area contributed by atoms with Gasteiger partial charge in [0.25, 0.3) is 0 Å². The first-order valence-corrected chi connectivity index (χ1v) is 10.7. The fourth-order valence-corrected chi connectivity index (χ4v) is 3.83. The van der Waals surface area contributed by atoms with Gasteiger partial charge in [-0.15, -0.1) is 0 Å². The lowest BCUT2D eigenvalue weighted by atomic mass is 10.0. The van der Waals surface area contributed by atoms with Gasteiger partial charge >= 0.3 is 7.25 Å². The summed E-state index contributed by atoms with van der Waals surface area (Å²) in [4.78, 5) is 2.13. The summed E-state index contributed by atoms with van der Waals surface area (Å²) in [6.45, 7) is 3.31. The van der Waals surface area contributed by atoms with Gasteiger partial charge in [0.2, 0.25) is 11.4 Å². The van der Waals surface area contributed by atoms with E-state index in [1.807, 2.05) is 0 Å². The van der Waals surface area contributed by atoms with E-state index in [1.54, 1.807) is 0 Å². The molecule has 0 saturated heterocycles. The van der Waals surface area contributed by atoms with Crippen molar-refractivity contribution in [3.8, 4) is 0 Å². The van der Waals surface area contributed by atoms with E-state index < -0.39 is 7.25 Å². The van der Waals surface area contributed by atoms with Gasteiger partial charge in [0.05, 0.1) is 10.9 Å². The molecule has 3 aromatic carbocycles. The number of benzene rings is 3. The second kappa shape index (κ2) is 10.0. The minimum Gasteiger partial charge on any atom is -0.418 e. The highest BCUT2D eigenvalue weighted by Gasteiger charge is 2.29. The van der Waals surface area contributed by atoms with Gasteiger partial charge in [-0.2, -0.15) is 4.58 Å². The highest BCUT2D eigenvalue weighted by Crippen LogP contribution is 2.35. The van der Waals surface area contributed by atoms with E-state index in [0.717, 1.165) is 6.54 Å². The number of rotatable bonds is 6.